The van der Waals surface area contributed by atoms with Crippen LogP contribution in [0.1, 0.15) is 25.3 Å². The Morgan fingerprint density at radius 2 is 2.00 bits per heavy atom. The van der Waals surface area contributed by atoms with E-state index in [1.54, 1.807) is 6.92 Å². The Balaban J connectivity index is 2.51. The lowest BCUT2D eigenvalue weighted by molar-refractivity contribution is -0.139. The molecule has 4 nitrogen and oxygen atoms in total. The lowest BCUT2D eigenvalue weighted by Crippen LogP contribution is -2.48. The third-order valence-corrected chi connectivity index (χ3v) is 6.00. The van der Waals surface area contributed by atoms with Gasteiger partial charge in [0.1, 0.15) is 0 Å². The van der Waals surface area contributed by atoms with Crippen LogP contribution in [0.3, 0.4) is 0 Å². The molecular formula is C13H16ClF3N2O2S. The van der Waals surface area contributed by atoms with Crippen LogP contribution in [0.4, 0.5) is 13.2 Å². The van der Waals surface area contributed by atoms with Gasteiger partial charge in [0.05, 0.1) is 10.5 Å². The molecule has 1 saturated heterocycles. The fraction of sp³-hybridized carbons (Fsp3) is 0.538. The molecule has 0 amide bonds. The molecule has 1 aliphatic heterocycles. The van der Waals surface area contributed by atoms with Crippen molar-refractivity contribution in [1.82, 2.24) is 4.31 Å². The minimum Gasteiger partial charge on any atom is -0.328 e. The smallest absolute Gasteiger partial charge is 0.328 e. The van der Waals surface area contributed by atoms with Crippen LogP contribution in [-0.4, -0.2) is 31.4 Å². The zero-order chi connectivity index (χ0) is 16.7. The Hall–Kier alpha value is -0.830. The second-order valence-electron chi connectivity index (χ2n) is 5.39. The lowest BCUT2D eigenvalue weighted by Gasteiger charge is -2.35. The molecule has 0 aromatic heterocycles. The van der Waals surface area contributed by atoms with Crippen LogP contribution in [0.25, 0.3) is 0 Å². The van der Waals surface area contributed by atoms with E-state index in [0.717, 1.165) is 16.4 Å². The number of alkyl halides is 3. The highest BCUT2D eigenvalue weighted by atomic mass is 35.5. The molecule has 1 fully saturated rings. The Kier molecular flexibility index (Phi) is 4.77. The summed E-state index contributed by atoms with van der Waals surface area (Å²) in [6.45, 7) is 1.74. The number of hydrogen-bond donors (Lipinski definition) is 1. The highest BCUT2D eigenvalue weighted by Crippen LogP contribution is 2.38. The summed E-state index contributed by atoms with van der Waals surface area (Å²) in [5.74, 6) is 0. The van der Waals surface area contributed by atoms with E-state index in [1.807, 2.05) is 0 Å². The van der Waals surface area contributed by atoms with Crippen LogP contribution >= 0.6 is 11.6 Å². The second-order valence-corrected chi connectivity index (χ2v) is 7.68. The van der Waals surface area contributed by atoms with Crippen molar-refractivity contribution < 1.29 is 21.6 Å². The fourth-order valence-electron chi connectivity index (χ4n) is 2.62. The predicted molar refractivity (Wildman–Crippen MR) is 77.0 cm³/mol. The molecule has 1 heterocycles. The molecule has 0 radical (unpaired) electrons. The molecule has 1 aromatic rings. The van der Waals surface area contributed by atoms with E-state index in [2.05, 4.69) is 0 Å². The number of benzene rings is 1. The molecule has 0 aliphatic carbocycles. The average molecular weight is 357 g/mol. The SMILES string of the molecule is C[C@@H]1C[C@@H](N)CCN1S(=O)(=O)c1ccc(Cl)cc1C(F)(F)F. The summed E-state index contributed by atoms with van der Waals surface area (Å²) >= 11 is 5.58. The third kappa shape index (κ3) is 3.40. The summed E-state index contributed by atoms with van der Waals surface area (Å²) in [5.41, 5.74) is 4.52. The van der Waals surface area contributed by atoms with Gasteiger partial charge in [0, 0.05) is 23.7 Å². The van der Waals surface area contributed by atoms with E-state index in [-0.39, 0.29) is 17.6 Å². The van der Waals surface area contributed by atoms with Gasteiger partial charge in [-0.05, 0) is 38.0 Å². The van der Waals surface area contributed by atoms with Gasteiger partial charge in [-0.2, -0.15) is 17.5 Å². The molecule has 2 N–H and O–H groups in total. The average Bonchev–Trinajstić information content (AvgIpc) is 2.36. The normalized spacial score (nSPS) is 24.5. The number of hydrogen-bond acceptors (Lipinski definition) is 3. The van der Waals surface area contributed by atoms with E-state index in [4.69, 9.17) is 17.3 Å². The maximum absolute atomic E-state index is 13.1. The summed E-state index contributed by atoms with van der Waals surface area (Å²) in [7, 11) is -4.27. The second kappa shape index (κ2) is 5.99. The number of sulfonamides is 1. The van der Waals surface area contributed by atoms with Gasteiger partial charge in [-0.3, -0.25) is 0 Å². The van der Waals surface area contributed by atoms with Crippen LogP contribution < -0.4 is 5.73 Å². The zero-order valence-corrected chi connectivity index (χ0v) is 13.3. The first-order valence-electron chi connectivity index (χ1n) is 6.67. The molecule has 1 aromatic carbocycles. The van der Waals surface area contributed by atoms with Crippen molar-refractivity contribution in [2.75, 3.05) is 6.54 Å². The number of nitrogens with two attached hydrogens (primary N) is 1. The van der Waals surface area contributed by atoms with Gasteiger partial charge in [-0.25, -0.2) is 8.42 Å². The Morgan fingerprint density at radius 1 is 1.36 bits per heavy atom. The molecule has 0 saturated carbocycles. The van der Waals surface area contributed by atoms with Crippen LogP contribution in [0, 0.1) is 0 Å². The van der Waals surface area contributed by atoms with E-state index in [0.29, 0.717) is 18.9 Å². The molecule has 0 spiro atoms. The van der Waals surface area contributed by atoms with Gasteiger partial charge in [0.2, 0.25) is 10.0 Å². The first-order valence-corrected chi connectivity index (χ1v) is 8.49. The quantitative estimate of drug-likeness (QED) is 0.886. The van der Waals surface area contributed by atoms with E-state index in [9.17, 15) is 21.6 Å². The highest BCUT2D eigenvalue weighted by molar-refractivity contribution is 7.89. The van der Waals surface area contributed by atoms with Gasteiger partial charge in [-0.1, -0.05) is 11.6 Å². The molecule has 124 valence electrons. The number of piperidine rings is 1. The van der Waals surface area contributed by atoms with E-state index >= 15 is 0 Å². The summed E-state index contributed by atoms with van der Waals surface area (Å²) in [6, 6.07) is 2.08. The van der Waals surface area contributed by atoms with E-state index < -0.39 is 32.7 Å². The molecule has 9 heteroatoms. The summed E-state index contributed by atoms with van der Waals surface area (Å²) in [6.07, 6.45) is -3.98. The zero-order valence-electron chi connectivity index (χ0n) is 11.8. The van der Waals surface area contributed by atoms with Crippen LogP contribution in [0.2, 0.25) is 5.02 Å². The maximum Gasteiger partial charge on any atom is 0.417 e. The minimum atomic E-state index is -4.80. The largest absolute Gasteiger partial charge is 0.417 e. The van der Waals surface area contributed by atoms with Crippen molar-refractivity contribution in [3.8, 4) is 0 Å². The highest BCUT2D eigenvalue weighted by Gasteiger charge is 2.41. The third-order valence-electron chi connectivity index (χ3n) is 3.69. The minimum absolute atomic E-state index is 0.102. The topological polar surface area (TPSA) is 63.4 Å². The van der Waals surface area contributed by atoms with Crippen LogP contribution in [0.15, 0.2) is 23.1 Å². The Labute approximate surface area is 132 Å². The number of halogens is 4. The summed E-state index contributed by atoms with van der Waals surface area (Å²) < 4.78 is 65.7. The fourth-order valence-corrected chi connectivity index (χ4v) is 4.64. The first kappa shape index (κ1) is 17.5. The van der Waals surface area contributed by atoms with Gasteiger partial charge in [0.15, 0.2) is 0 Å². The molecule has 0 bridgehead atoms. The Morgan fingerprint density at radius 3 is 2.55 bits per heavy atom. The molecule has 1 aliphatic rings. The van der Waals surface area contributed by atoms with Crippen molar-refractivity contribution in [2.24, 2.45) is 5.73 Å². The molecule has 2 rings (SSSR count). The summed E-state index contributed by atoms with van der Waals surface area (Å²) in [4.78, 5) is -0.772. The van der Waals surface area contributed by atoms with Crippen molar-refractivity contribution in [2.45, 2.75) is 42.9 Å². The molecule has 22 heavy (non-hydrogen) atoms. The van der Waals surface area contributed by atoms with Gasteiger partial charge >= 0.3 is 6.18 Å². The van der Waals surface area contributed by atoms with Gasteiger partial charge < -0.3 is 5.73 Å². The van der Waals surface area contributed by atoms with Crippen molar-refractivity contribution in [1.29, 1.82) is 0 Å². The number of rotatable bonds is 2. The van der Waals surface area contributed by atoms with E-state index in [1.165, 1.54) is 0 Å². The maximum atomic E-state index is 13.1. The molecule has 0 unspecified atom stereocenters. The number of nitrogens with zero attached hydrogens (tertiary/aromatic N) is 1. The van der Waals surface area contributed by atoms with Crippen LogP contribution in [0.5, 0.6) is 0 Å². The predicted octanol–water partition coefficient (Wildman–Crippen LogP) is 2.86. The Bertz CT molecular complexity index is 664. The van der Waals surface area contributed by atoms with Crippen molar-refractivity contribution >= 4 is 21.6 Å². The summed E-state index contributed by atoms with van der Waals surface area (Å²) in [5, 5.41) is -0.167. The van der Waals surface area contributed by atoms with Crippen molar-refractivity contribution in [3.63, 3.8) is 0 Å². The van der Waals surface area contributed by atoms with Gasteiger partial charge in [-0.15, -0.1) is 0 Å². The first-order chi connectivity index (χ1) is 10.0. The van der Waals surface area contributed by atoms with Crippen molar-refractivity contribution in [3.05, 3.63) is 28.8 Å². The lowest BCUT2D eigenvalue weighted by atomic mass is 10.0. The molecule has 2 atom stereocenters. The van der Waals surface area contributed by atoms with Crippen LogP contribution in [-0.2, 0) is 16.2 Å². The monoisotopic (exact) mass is 356 g/mol. The van der Waals surface area contributed by atoms with Gasteiger partial charge in [0.25, 0.3) is 0 Å². The standard InChI is InChI=1S/C13H16ClF3N2O2S/c1-8-6-10(18)4-5-19(8)22(20,21)12-3-2-9(14)7-11(12)13(15,16)17/h2-3,7-8,10H,4-6,18H2,1H3/t8-,10+/m1/s1. The molecular weight excluding hydrogens is 341 g/mol.